The molecule has 2 fully saturated rings. The average Bonchev–Trinajstić information content (AvgIpc) is 3.13. The molecule has 0 bridgehead atoms. The van der Waals surface area contributed by atoms with Crippen LogP contribution in [-0.2, 0) is 9.53 Å². The molecule has 0 saturated carbocycles. The first kappa shape index (κ1) is 17.7. The Morgan fingerprint density at radius 1 is 1.04 bits per heavy atom. The minimum atomic E-state index is -0.349. The highest BCUT2D eigenvalue weighted by Crippen LogP contribution is 2.17. The molecular weight excluding hydrogens is 320 g/mol. The number of amides is 3. The first-order valence-electron chi connectivity index (χ1n) is 8.89. The van der Waals surface area contributed by atoms with Crippen LogP contribution >= 0.6 is 0 Å². The number of piperidine rings is 1. The lowest BCUT2D eigenvalue weighted by atomic mass is 10.1. The molecule has 0 radical (unpaired) electrons. The van der Waals surface area contributed by atoms with E-state index in [0.29, 0.717) is 18.0 Å². The largest absolute Gasteiger partial charge is 0.368 e. The van der Waals surface area contributed by atoms with E-state index in [1.807, 2.05) is 0 Å². The number of benzene rings is 1. The summed E-state index contributed by atoms with van der Waals surface area (Å²) >= 11 is 0. The molecule has 7 heteroatoms. The molecule has 3 amide bonds. The topological polar surface area (TPSA) is 82.7 Å². The summed E-state index contributed by atoms with van der Waals surface area (Å²) < 4.78 is 5.36. The van der Waals surface area contributed by atoms with Crippen molar-refractivity contribution in [2.24, 2.45) is 0 Å². The SMILES string of the molecule is CN1CCC(NC(=O)Nc2ccc(NC(=O)C3CCCO3)cc2)CC1. The predicted octanol–water partition coefficient (Wildman–Crippen LogP) is 2.02. The van der Waals surface area contributed by atoms with Gasteiger partial charge in [0.25, 0.3) is 5.91 Å². The lowest BCUT2D eigenvalue weighted by molar-refractivity contribution is -0.124. The van der Waals surface area contributed by atoms with Gasteiger partial charge in [-0.1, -0.05) is 0 Å². The van der Waals surface area contributed by atoms with E-state index >= 15 is 0 Å². The monoisotopic (exact) mass is 346 g/mol. The number of urea groups is 1. The van der Waals surface area contributed by atoms with Crippen LogP contribution in [0, 0.1) is 0 Å². The summed E-state index contributed by atoms with van der Waals surface area (Å²) in [4.78, 5) is 26.3. The number of nitrogens with zero attached hydrogens (tertiary/aromatic N) is 1. The van der Waals surface area contributed by atoms with Crippen LogP contribution in [0.25, 0.3) is 0 Å². The number of nitrogens with one attached hydrogen (secondary N) is 3. The molecule has 1 aromatic carbocycles. The van der Waals surface area contributed by atoms with Crippen molar-refractivity contribution < 1.29 is 14.3 Å². The molecule has 7 nitrogen and oxygen atoms in total. The Bertz CT molecular complexity index is 591. The molecule has 1 aromatic rings. The predicted molar refractivity (Wildman–Crippen MR) is 96.7 cm³/mol. The quantitative estimate of drug-likeness (QED) is 0.779. The zero-order valence-corrected chi connectivity index (χ0v) is 14.6. The molecule has 2 heterocycles. The van der Waals surface area contributed by atoms with E-state index in [1.54, 1.807) is 24.3 Å². The summed E-state index contributed by atoms with van der Waals surface area (Å²) in [5, 5.41) is 8.68. The second kappa shape index (κ2) is 8.31. The van der Waals surface area contributed by atoms with Gasteiger partial charge in [0.2, 0.25) is 0 Å². The van der Waals surface area contributed by atoms with E-state index in [2.05, 4.69) is 27.9 Å². The summed E-state index contributed by atoms with van der Waals surface area (Å²) in [6.45, 7) is 2.65. The van der Waals surface area contributed by atoms with Gasteiger partial charge in [0.05, 0.1) is 0 Å². The molecule has 0 spiro atoms. The standard InChI is InChI=1S/C18H26N4O3/c1-22-10-8-15(9-11-22)21-18(24)20-14-6-4-13(5-7-14)19-17(23)16-3-2-12-25-16/h4-7,15-16H,2-3,8-12H2,1H3,(H,19,23)(H2,20,21,24). The maximum atomic E-state index is 12.1. The fourth-order valence-corrected chi connectivity index (χ4v) is 3.15. The molecule has 136 valence electrons. The highest BCUT2D eigenvalue weighted by atomic mass is 16.5. The van der Waals surface area contributed by atoms with E-state index in [1.165, 1.54) is 0 Å². The van der Waals surface area contributed by atoms with Crippen molar-refractivity contribution in [2.45, 2.75) is 37.8 Å². The second-order valence-corrected chi connectivity index (χ2v) is 6.74. The van der Waals surface area contributed by atoms with Crippen LogP contribution < -0.4 is 16.0 Å². The highest BCUT2D eigenvalue weighted by Gasteiger charge is 2.23. The van der Waals surface area contributed by atoms with Gasteiger partial charge in [-0.2, -0.15) is 0 Å². The van der Waals surface area contributed by atoms with Crippen LogP contribution in [0.2, 0.25) is 0 Å². The van der Waals surface area contributed by atoms with Gasteiger partial charge in [-0.25, -0.2) is 4.79 Å². The van der Waals surface area contributed by atoms with Crippen molar-refractivity contribution in [1.29, 1.82) is 0 Å². The van der Waals surface area contributed by atoms with Crippen molar-refractivity contribution in [3.8, 4) is 0 Å². The Morgan fingerprint density at radius 3 is 2.28 bits per heavy atom. The molecule has 2 aliphatic heterocycles. The van der Waals surface area contributed by atoms with Crippen LogP contribution in [0.15, 0.2) is 24.3 Å². The fourth-order valence-electron chi connectivity index (χ4n) is 3.15. The number of hydrogen-bond acceptors (Lipinski definition) is 4. The smallest absolute Gasteiger partial charge is 0.319 e. The van der Waals surface area contributed by atoms with Gasteiger partial charge in [-0.05, 0) is 70.1 Å². The Kier molecular flexibility index (Phi) is 5.88. The van der Waals surface area contributed by atoms with Gasteiger partial charge < -0.3 is 25.6 Å². The normalized spacial score (nSPS) is 21.7. The van der Waals surface area contributed by atoms with Crippen molar-refractivity contribution in [3.05, 3.63) is 24.3 Å². The van der Waals surface area contributed by atoms with Crippen LogP contribution in [0.4, 0.5) is 16.2 Å². The molecule has 1 atom stereocenters. The Morgan fingerprint density at radius 2 is 1.68 bits per heavy atom. The van der Waals surface area contributed by atoms with Crippen LogP contribution in [0.3, 0.4) is 0 Å². The zero-order chi connectivity index (χ0) is 17.6. The third kappa shape index (κ3) is 5.17. The minimum absolute atomic E-state index is 0.113. The first-order chi connectivity index (χ1) is 12.1. The van der Waals surface area contributed by atoms with Crippen molar-refractivity contribution in [3.63, 3.8) is 0 Å². The number of carbonyl (C=O) groups excluding carboxylic acids is 2. The van der Waals surface area contributed by atoms with Crippen molar-refractivity contribution >= 4 is 23.3 Å². The molecular formula is C18H26N4O3. The molecule has 2 aliphatic rings. The highest BCUT2D eigenvalue weighted by molar-refractivity contribution is 5.95. The summed E-state index contributed by atoms with van der Waals surface area (Å²) in [6.07, 6.45) is 3.28. The van der Waals surface area contributed by atoms with Gasteiger partial charge in [-0.15, -0.1) is 0 Å². The van der Waals surface area contributed by atoms with E-state index in [-0.39, 0.29) is 24.1 Å². The van der Waals surface area contributed by atoms with Crippen molar-refractivity contribution in [1.82, 2.24) is 10.2 Å². The molecule has 0 aromatic heterocycles. The van der Waals surface area contributed by atoms with Gasteiger partial charge in [0.15, 0.2) is 0 Å². The van der Waals surface area contributed by atoms with Gasteiger partial charge in [0.1, 0.15) is 6.10 Å². The average molecular weight is 346 g/mol. The third-order valence-electron chi connectivity index (χ3n) is 4.69. The van der Waals surface area contributed by atoms with Crippen molar-refractivity contribution in [2.75, 3.05) is 37.4 Å². The Hall–Kier alpha value is -2.12. The number of ether oxygens (including phenoxy) is 1. The maximum Gasteiger partial charge on any atom is 0.319 e. The number of hydrogen-bond donors (Lipinski definition) is 3. The second-order valence-electron chi connectivity index (χ2n) is 6.74. The summed E-state index contributed by atoms with van der Waals surface area (Å²) in [7, 11) is 2.09. The lowest BCUT2D eigenvalue weighted by Gasteiger charge is -2.29. The summed E-state index contributed by atoms with van der Waals surface area (Å²) in [5.41, 5.74) is 1.39. The number of anilines is 2. The van der Waals surface area contributed by atoms with Gasteiger partial charge in [-0.3, -0.25) is 4.79 Å². The Labute approximate surface area is 148 Å². The maximum absolute atomic E-state index is 12.1. The number of likely N-dealkylation sites (tertiary alicyclic amines) is 1. The fraction of sp³-hybridized carbons (Fsp3) is 0.556. The molecule has 25 heavy (non-hydrogen) atoms. The summed E-state index contributed by atoms with van der Waals surface area (Å²) in [5.74, 6) is -0.113. The zero-order valence-electron chi connectivity index (χ0n) is 14.6. The molecule has 3 N–H and O–H groups in total. The van der Waals surface area contributed by atoms with Crippen LogP contribution in [0.5, 0.6) is 0 Å². The van der Waals surface area contributed by atoms with E-state index < -0.39 is 0 Å². The first-order valence-corrected chi connectivity index (χ1v) is 8.89. The van der Waals surface area contributed by atoms with Crippen LogP contribution in [0.1, 0.15) is 25.7 Å². The number of carbonyl (C=O) groups is 2. The molecule has 0 aliphatic carbocycles. The summed E-state index contributed by atoms with van der Waals surface area (Å²) in [6, 6.07) is 7.14. The van der Waals surface area contributed by atoms with Gasteiger partial charge >= 0.3 is 6.03 Å². The minimum Gasteiger partial charge on any atom is -0.368 e. The molecule has 3 rings (SSSR count). The van der Waals surface area contributed by atoms with E-state index in [9.17, 15) is 9.59 Å². The molecule has 1 unspecified atom stereocenters. The molecule has 2 saturated heterocycles. The third-order valence-corrected chi connectivity index (χ3v) is 4.69. The number of rotatable bonds is 4. The van der Waals surface area contributed by atoms with E-state index in [4.69, 9.17) is 4.74 Å². The van der Waals surface area contributed by atoms with Gasteiger partial charge in [0, 0.05) is 24.0 Å². The van der Waals surface area contributed by atoms with Crippen LogP contribution in [-0.4, -0.2) is 55.7 Å². The Balaban J connectivity index is 1.45. The van der Waals surface area contributed by atoms with E-state index in [0.717, 1.165) is 38.8 Å². The lowest BCUT2D eigenvalue weighted by Crippen LogP contribution is -2.44.